The van der Waals surface area contributed by atoms with Crippen molar-refractivity contribution in [3.05, 3.63) is 24.2 Å². The van der Waals surface area contributed by atoms with E-state index in [1.807, 2.05) is 19.9 Å². The van der Waals surface area contributed by atoms with E-state index < -0.39 is 0 Å². The summed E-state index contributed by atoms with van der Waals surface area (Å²) < 4.78 is 5.41. The number of hydrogen-bond acceptors (Lipinski definition) is 1. The zero-order valence-electron chi connectivity index (χ0n) is 9.62. The van der Waals surface area contributed by atoms with E-state index >= 15 is 0 Å². The fraction of sp³-hybridized carbons (Fsp3) is 0.692. The highest BCUT2D eigenvalue weighted by Gasteiger charge is 2.21. The van der Waals surface area contributed by atoms with Gasteiger partial charge in [0, 0.05) is 5.92 Å². The van der Waals surface area contributed by atoms with Crippen LogP contribution in [0.15, 0.2) is 22.8 Å². The first-order valence-electron chi connectivity index (χ1n) is 5.89. The van der Waals surface area contributed by atoms with Gasteiger partial charge in [-0.3, -0.25) is 0 Å². The van der Waals surface area contributed by atoms with Crippen molar-refractivity contribution in [2.45, 2.75) is 52.4 Å². The molecule has 1 aliphatic carbocycles. The van der Waals surface area contributed by atoms with Crippen molar-refractivity contribution in [1.29, 1.82) is 0 Å². The molecule has 0 unspecified atom stereocenters. The highest BCUT2D eigenvalue weighted by molar-refractivity contribution is 5.06. The van der Waals surface area contributed by atoms with Crippen LogP contribution in [0.2, 0.25) is 0 Å². The number of rotatable bonds is 1. The summed E-state index contributed by atoms with van der Waals surface area (Å²) in [5.74, 6) is 2.83. The van der Waals surface area contributed by atoms with Crippen LogP contribution in [-0.2, 0) is 0 Å². The first-order chi connectivity index (χ1) is 6.86. The largest absolute Gasteiger partial charge is 0.469 e. The molecule has 0 aliphatic heterocycles. The third-order valence-electron chi connectivity index (χ3n) is 2.96. The van der Waals surface area contributed by atoms with E-state index in [9.17, 15) is 0 Å². The second-order valence-corrected chi connectivity index (χ2v) is 3.97. The molecule has 0 atom stereocenters. The van der Waals surface area contributed by atoms with E-state index in [2.05, 4.69) is 13.0 Å². The highest BCUT2D eigenvalue weighted by Crippen LogP contribution is 2.35. The normalized spacial score (nSPS) is 26.5. The van der Waals surface area contributed by atoms with E-state index in [0.29, 0.717) is 5.92 Å². The monoisotopic (exact) mass is 194 g/mol. The first-order valence-corrected chi connectivity index (χ1v) is 5.89. The average Bonchev–Trinajstić information content (AvgIpc) is 2.75. The predicted molar refractivity (Wildman–Crippen MR) is 60.4 cm³/mol. The highest BCUT2D eigenvalue weighted by atomic mass is 16.3. The summed E-state index contributed by atoms with van der Waals surface area (Å²) in [4.78, 5) is 0. The van der Waals surface area contributed by atoms with Crippen molar-refractivity contribution < 1.29 is 4.42 Å². The van der Waals surface area contributed by atoms with E-state index in [4.69, 9.17) is 4.42 Å². The molecule has 1 saturated carbocycles. The Morgan fingerprint density at radius 3 is 2.29 bits per heavy atom. The standard InChI is InChI=1S/C11H16O.C2H6/c1-9-4-6-10(7-5-9)11-3-2-8-12-11;1-2/h2-3,8-10H,4-7H2,1H3;1-2H3. The Labute approximate surface area is 87.5 Å². The number of hydrogen-bond donors (Lipinski definition) is 0. The van der Waals surface area contributed by atoms with Gasteiger partial charge in [0.1, 0.15) is 5.76 Å². The van der Waals surface area contributed by atoms with Crippen LogP contribution in [0, 0.1) is 5.92 Å². The van der Waals surface area contributed by atoms with Gasteiger partial charge in [-0.25, -0.2) is 0 Å². The third kappa shape index (κ3) is 2.90. The van der Waals surface area contributed by atoms with Gasteiger partial charge in [0.2, 0.25) is 0 Å². The molecule has 0 radical (unpaired) electrons. The van der Waals surface area contributed by atoms with Gasteiger partial charge >= 0.3 is 0 Å². The van der Waals surface area contributed by atoms with Crippen LogP contribution < -0.4 is 0 Å². The topological polar surface area (TPSA) is 13.1 Å². The van der Waals surface area contributed by atoms with Gasteiger partial charge in [-0.15, -0.1) is 0 Å². The van der Waals surface area contributed by atoms with Crippen molar-refractivity contribution in [3.63, 3.8) is 0 Å². The van der Waals surface area contributed by atoms with Gasteiger partial charge in [-0.2, -0.15) is 0 Å². The second-order valence-electron chi connectivity index (χ2n) is 3.97. The second kappa shape index (κ2) is 5.90. The molecule has 0 aromatic carbocycles. The van der Waals surface area contributed by atoms with E-state index in [1.165, 1.54) is 31.4 Å². The molecule has 1 aromatic rings. The molecule has 1 heterocycles. The molecule has 0 amide bonds. The van der Waals surface area contributed by atoms with Gasteiger partial charge in [-0.05, 0) is 30.9 Å². The maximum Gasteiger partial charge on any atom is 0.106 e. The van der Waals surface area contributed by atoms with Gasteiger partial charge < -0.3 is 4.42 Å². The lowest BCUT2D eigenvalue weighted by Gasteiger charge is -2.24. The van der Waals surface area contributed by atoms with Crippen LogP contribution >= 0.6 is 0 Å². The smallest absolute Gasteiger partial charge is 0.106 e. The summed E-state index contributed by atoms with van der Waals surface area (Å²) in [6.07, 6.45) is 7.15. The molecule has 2 rings (SSSR count). The van der Waals surface area contributed by atoms with Crippen molar-refractivity contribution in [3.8, 4) is 0 Å². The summed E-state index contributed by atoms with van der Waals surface area (Å²) in [7, 11) is 0. The molecule has 14 heavy (non-hydrogen) atoms. The molecule has 1 fully saturated rings. The molecular formula is C13H22O. The van der Waals surface area contributed by atoms with Crippen molar-refractivity contribution in [2.24, 2.45) is 5.92 Å². The van der Waals surface area contributed by atoms with Gasteiger partial charge in [0.15, 0.2) is 0 Å². The molecule has 1 nitrogen and oxygen atoms in total. The Kier molecular flexibility index (Phi) is 4.78. The summed E-state index contributed by atoms with van der Waals surface area (Å²) in [6, 6.07) is 4.11. The molecule has 0 N–H and O–H groups in total. The minimum absolute atomic E-state index is 0.705. The van der Waals surface area contributed by atoms with E-state index in [1.54, 1.807) is 6.26 Å². The maximum atomic E-state index is 5.41. The SMILES string of the molecule is CC.CC1CCC(c2ccco2)CC1. The molecule has 0 saturated heterocycles. The van der Waals surface area contributed by atoms with Gasteiger partial charge in [0.05, 0.1) is 6.26 Å². The molecular weight excluding hydrogens is 172 g/mol. The minimum Gasteiger partial charge on any atom is -0.469 e. The zero-order chi connectivity index (χ0) is 10.4. The lowest BCUT2D eigenvalue weighted by molar-refractivity contribution is 0.314. The van der Waals surface area contributed by atoms with E-state index in [-0.39, 0.29) is 0 Å². The quantitative estimate of drug-likeness (QED) is 0.636. The fourth-order valence-corrected chi connectivity index (χ4v) is 2.07. The summed E-state index contributed by atoms with van der Waals surface area (Å²) in [5.41, 5.74) is 0. The van der Waals surface area contributed by atoms with Crippen molar-refractivity contribution >= 4 is 0 Å². The zero-order valence-corrected chi connectivity index (χ0v) is 9.62. The summed E-state index contributed by atoms with van der Waals surface area (Å²) in [5, 5.41) is 0. The molecule has 1 aromatic heterocycles. The Balaban J connectivity index is 0.000000461. The lowest BCUT2D eigenvalue weighted by atomic mass is 9.82. The van der Waals surface area contributed by atoms with Crippen LogP contribution in [0.5, 0.6) is 0 Å². The van der Waals surface area contributed by atoms with Crippen LogP contribution in [0.1, 0.15) is 58.1 Å². The first kappa shape index (κ1) is 11.4. The lowest BCUT2D eigenvalue weighted by Crippen LogP contribution is -2.09. The molecule has 80 valence electrons. The Morgan fingerprint density at radius 2 is 1.79 bits per heavy atom. The Hall–Kier alpha value is -0.720. The van der Waals surface area contributed by atoms with Crippen LogP contribution in [0.25, 0.3) is 0 Å². The Bertz CT molecular complexity index is 217. The summed E-state index contributed by atoms with van der Waals surface area (Å²) >= 11 is 0. The average molecular weight is 194 g/mol. The Morgan fingerprint density at radius 1 is 1.14 bits per heavy atom. The summed E-state index contributed by atoms with van der Waals surface area (Å²) in [6.45, 7) is 6.35. The fourth-order valence-electron chi connectivity index (χ4n) is 2.07. The van der Waals surface area contributed by atoms with E-state index in [0.717, 1.165) is 5.92 Å². The van der Waals surface area contributed by atoms with Crippen molar-refractivity contribution in [2.75, 3.05) is 0 Å². The van der Waals surface area contributed by atoms with Crippen LogP contribution in [-0.4, -0.2) is 0 Å². The van der Waals surface area contributed by atoms with Crippen LogP contribution in [0.3, 0.4) is 0 Å². The minimum atomic E-state index is 0.705. The van der Waals surface area contributed by atoms with Gasteiger partial charge in [0.25, 0.3) is 0 Å². The predicted octanol–water partition coefficient (Wildman–Crippen LogP) is 4.60. The van der Waals surface area contributed by atoms with Gasteiger partial charge in [-0.1, -0.05) is 33.6 Å². The number of furan rings is 1. The molecule has 0 bridgehead atoms. The third-order valence-corrected chi connectivity index (χ3v) is 2.96. The molecule has 1 aliphatic rings. The maximum absolute atomic E-state index is 5.41. The molecule has 1 heteroatoms. The van der Waals surface area contributed by atoms with Crippen molar-refractivity contribution in [1.82, 2.24) is 0 Å². The van der Waals surface area contributed by atoms with Crippen LogP contribution in [0.4, 0.5) is 0 Å². The molecule has 0 spiro atoms.